The molecule has 0 radical (unpaired) electrons. The van der Waals surface area contributed by atoms with Gasteiger partial charge >= 0.3 is 12.4 Å². The first-order valence-corrected chi connectivity index (χ1v) is 3.75. The van der Waals surface area contributed by atoms with Gasteiger partial charge in [-0.15, -0.1) is 0 Å². The summed E-state index contributed by atoms with van der Waals surface area (Å²) in [6, 6.07) is 0. The maximum Gasteiger partial charge on any atom is 0.456 e. The van der Waals surface area contributed by atoms with Gasteiger partial charge in [-0.2, -0.15) is 26.3 Å². The van der Waals surface area contributed by atoms with E-state index >= 15 is 0 Å². The molecule has 90 valence electrons. The van der Waals surface area contributed by atoms with Gasteiger partial charge in [0.15, 0.2) is 5.69 Å². The van der Waals surface area contributed by atoms with Crippen LogP contribution in [-0.2, 0) is 13.2 Å². The molecule has 9 heteroatoms. The predicted molar refractivity (Wildman–Crippen MR) is 38.6 cm³/mol. The van der Waals surface area contributed by atoms with Gasteiger partial charge in [0.2, 0.25) is 0 Å². The van der Waals surface area contributed by atoms with Crippen molar-refractivity contribution in [1.82, 2.24) is 9.55 Å². The summed E-state index contributed by atoms with van der Waals surface area (Å²) in [6.45, 7) is 0. The van der Waals surface area contributed by atoms with E-state index in [2.05, 4.69) is 4.98 Å². The Labute approximate surface area is 84.7 Å². The summed E-state index contributed by atoms with van der Waals surface area (Å²) < 4.78 is 73.1. The molecule has 0 fully saturated rings. The van der Waals surface area contributed by atoms with Gasteiger partial charge in [0, 0.05) is 7.05 Å². The molecule has 0 unspecified atom stereocenters. The Morgan fingerprint density at radius 3 is 2.12 bits per heavy atom. The minimum Gasteiger partial charge on any atom is -0.330 e. The van der Waals surface area contributed by atoms with E-state index in [4.69, 9.17) is 0 Å². The smallest absolute Gasteiger partial charge is 0.330 e. The number of Topliss-reactive ketones (excluding diaryl/α,β-unsaturated/α-hetero) is 1. The van der Waals surface area contributed by atoms with Crippen LogP contribution < -0.4 is 0 Å². The second kappa shape index (κ2) is 3.49. The van der Waals surface area contributed by atoms with Gasteiger partial charge in [0.25, 0.3) is 5.78 Å². The zero-order valence-corrected chi connectivity index (χ0v) is 7.65. The first-order chi connectivity index (χ1) is 7.05. The zero-order chi connectivity index (χ0) is 12.7. The minimum atomic E-state index is -5.38. The molecular weight excluding hydrogens is 242 g/mol. The SMILES string of the molecule is Cn1cnc(C(=O)C(F)(F)F)c1C(F)(F)F. The van der Waals surface area contributed by atoms with Crippen molar-refractivity contribution in [2.24, 2.45) is 7.05 Å². The number of imidazole rings is 1. The van der Waals surface area contributed by atoms with Crippen LogP contribution in [0.1, 0.15) is 16.2 Å². The van der Waals surface area contributed by atoms with Crippen LogP contribution in [0, 0.1) is 0 Å². The van der Waals surface area contributed by atoms with E-state index in [1.807, 2.05) is 0 Å². The normalized spacial score (nSPS) is 12.9. The highest BCUT2D eigenvalue weighted by atomic mass is 19.4. The lowest BCUT2D eigenvalue weighted by atomic mass is 10.2. The van der Waals surface area contributed by atoms with Crippen molar-refractivity contribution in [2.75, 3.05) is 0 Å². The van der Waals surface area contributed by atoms with Crippen LogP contribution in [0.3, 0.4) is 0 Å². The summed E-state index contributed by atoms with van der Waals surface area (Å²) in [5.41, 5.74) is -3.35. The van der Waals surface area contributed by atoms with Gasteiger partial charge in [-0.05, 0) is 0 Å². The molecule has 0 atom stereocenters. The van der Waals surface area contributed by atoms with Gasteiger partial charge in [-0.25, -0.2) is 4.98 Å². The topological polar surface area (TPSA) is 34.9 Å². The molecular formula is C7H4F6N2O. The second-order valence-electron chi connectivity index (χ2n) is 2.88. The Kier molecular flexibility index (Phi) is 2.74. The summed E-state index contributed by atoms with van der Waals surface area (Å²) in [6.07, 6.45) is -9.95. The third-order valence-corrected chi connectivity index (χ3v) is 1.68. The molecule has 0 aromatic carbocycles. The fraction of sp³-hybridized carbons (Fsp3) is 0.429. The van der Waals surface area contributed by atoms with Gasteiger partial charge in [0.1, 0.15) is 5.69 Å². The molecule has 3 nitrogen and oxygen atoms in total. The number of carbonyl (C=O) groups is 1. The molecule has 16 heavy (non-hydrogen) atoms. The van der Waals surface area contributed by atoms with E-state index in [1.165, 1.54) is 0 Å². The van der Waals surface area contributed by atoms with Gasteiger partial charge in [0.05, 0.1) is 6.33 Å². The molecule has 0 N–H and O–H groups in total. The summed E-state index contributed by atoms with van der Waals surface area (Å²) in [5, 5.41) is 0. The number of nitrogens with zero attached hydrogens (tertiary/aromatic N) is 2. The predicted octanol–water partition coefficient (Wildman–Crippen LogP) is 2.18. The van der Waals surface area contributed by atoms with E-state index in [0.717, 1.165) is 7.05 Å². The molecule has 1 aromatic rings. The van der Waals surface area contributed by atoms with Crippen molar-refractivity contribution in [3.05, 3.63) is 17.7 Å². The number of ketones is 1. The van der Waals surface area contributed by atoms with Crippen molar-refractivity contribution < 1.29 is 31.1 Å². The maximum absolute atomic E-state index is 12.3. The maximum atomic E-state index is 12.3. The second-order valence-corrected chi connectivity index (χ2v) is 2.88. The molecule has 1 aromatic heterocycles. The largest absolute Gasteiger partial charge is 0.456 e. The standard InChI is InChI=1S/C7H4F6N2O/c1-15-2-14-3(4(15)6(8,9)10)5(16)7(11,12)13/h2H,1H3. The van der Waals surface area contributed by atoms with Crippen LogP contribution in [0.15, 0.2) is 6.33 Å². The number of aromatic nitrogens is 2. The van der Waals surface area contributed by atoms with E-state index in [-0.39, 0.29) is 0 Å². The summed E-state index contributed by atoms with van der Waals surface area (Å²) in [4.78, 5) is 13.5. The van der Waals surface area contributed by atoms with Crippen LogP contribution in [0.2, 0.25) is 0 Å². The lowest BCUT2D eigenvalue weighted by molar-refractivity contribution is -0.144. The van der Waals surface area contributed by atoms with Crippen LogP contribution in [-0.4, -0.2) is 21.5 Å². The number of halogens is 6. The number of hydrogen-bond acceptors (Lipinski definition) is 2. The van der Waals surface area contributed by atoms with Crippen molar-refractivity contribution >= 4 is 5.78 Å². The molecule has 0 amide bonds. The molecule has 0 bridgehead atoms. The third-order valence-electron chi connectivity index (χ3n) is 1.68. The Hall–Kier alpha value is -1.54. The molecule has 0 saturated heterocycles. The van der Waals surface area contributed by atoms with Gasteiger partial charge < -0.3 is 4.57 Å². The first kappa shape index (κ1) is 12.5. The molecule has 0 spiro atoms. The number of carbonyl (C=O) groups excluding carboxylic acids is 1. The van der Waals surface area contributed by atoms with Crippen molar-refractivity contribution in [3.8, 4) is 0 Å². The lowest BCUT2D eigenvalue weighted by Gasteiger charge is -2.10. The molecule has 0 aliphatic carbocycles. The van der Waals surface area contributed by atoms with Crippen LogP contribution in [0.5, 0.6) is 0 Å². The average Bonchev–Trinajstić information content (AvgIpc) is 2.42. The quantitative estimate of drug-likeness (QED) is 0.562. The lowest BCUT2D eigenvalue weighted by Crippen LogP contribution is -2.26. The zero-order valence-electron chi connectivity index (χ0n) is 7.65. The van der Waals surface area contributed by atoms with Crippen LogP contribution in [0.25, 0.3) is 0 Å². The van der Waals surface area contributed by atoms with Crippen molar-refractivity contribution in [1.29, 1.82) is 0 Å². The Morgan fingerprint density at radius 2 is 1.75 bits per heavy atom. The van der Waals surface area contributed by atoms with E-state index in [9.17, 15) is 31.1 Å². The van der Waals surface area contributed by atoms with Crippen LogP contribution in [0.4, 0.5) is 26.3 Å². The van der Waals surface area contributed by atoms with E-state index < -0.39 is 29.5 Å². The Morgan fingerprint density at radius 1 is 1.25 bits per heavy atom. The highest BCUT2D eigenvalue weighted by Gasteiger charge is 2.47. The number of hydrogen-bond donors (Lipinski definition) is 0. The first-order valence-electron chi connectivity index (χ1n) is 3.75. The highest BCUT2D eigenvalue weighted by Crippen LogP contribution is 2.33. The molecule has 0 aliphatic rings. The highest BCUT2D eigenvalue weighted by molar-refractivity contribution is 5.99. The van der Waals surface area contributed by atoms with E-state index in [0.29, 0.717) is 10.9 Å². The molecule has 1 rings (SSSR count). The van der Waals surface area contributed by atoms with Crippen molar-refractivity contribution in [3.63, 3.8) is 0 Å². The number of alkyl halides is 6. The number of aryl methyl sites for hydroxylation is 1. The van der Waals surface area contributed by atoms with Crippen LogP contribution >= 0.6 is 0 Å². The summed E-state index contributed by atoms with van der Waals surface area (Å²) >= 11 is 0. The Balaban J connectivity index is 3.33. The van der Waals surface area contributed by atoms with Crippen molar-refractivity contribution in [2.45, 2.75) is 12.4 Å². The third kappa shape index (κ3) is 2.17. The molecule has 0 aliphatic heterocycles. The average molecular weight is 246 g/mol. The summed E-state index contributed by atoms with van der Waals surface area (Å²) in [7, 11) is 0.850. The molecule has 1 heterocycles. The van der Waals surface area contributed by atoms with E-state index in [1.54, 1.807) is 0 Å². The molecule has 0 saturated carbocycles. The fourth-order valence-electron chi connectivity index (χ4n) is 1.06. The monoisotopic (exact) mass is 246 g/mol. The number of rotatable bonds is 1. The fourth-order valence-corrected chi connectivity index (χ4v) is 1.06. The minimum absolute atomic E-state index is 0.318. The van der Waals surface area contributed by atoms with Gasteiger partial charge in [-0.1, -0.05) is 0 Å². The van der Waals surface area contributed by atoms with Gasteiger partial charge in [-0.3, -0.25) is 4.79 Å². The Bertz CT molecular complexity index is 415. The summed E-state index contributed by atoms with van der Waals surface area (Å²) in [5.74, 6) is -2.61.